The maximum atomic E-state index is 14.3. The van der Waals surface area contributed by atoms with Gasteiger partial charge in [-0.1, -0.05) is 36.6 Å². The highest BCUT2D eigenvalue weighted by molar-refractivity contribution is 6.30. The Hall–Kier alpha value is -2.32. The highest BCUT2D eigenvalue weighted by atomic mass is 35.5. The van der Waals surface area contributed by atoms with Gasteiger partial charge < -0.3 is 14.6 Å². The maximum Gasteiger partial charge on any atom is 0.125 e. The van der Waals surface area contributed by atoms with Crippen LogP contribution in [-0.2, 0) is 17.8 Å². The number of nitrogens with zero attached hydrogens (tertiary/aromatic N) is 1. The second kappa shape index (κ2) is 12.5. The monoisotopic (exact) mass is 440 g/mol. The number of nitrogens with one attached hydrogen (secondary N) is 1. The summed E-state index contributed by atoms with van der Waals surface area (Å²) in [6.07, 6.45) is 12.6. The molecule has 0 aliphatic rings. The van der Waals surface area contributed by atoms with E-state index in [9.17, 15) is 4.39 Å². The van der Waals surface area contributed by atoms with Crippen LogP contribution in [0.5, 0.6) is 0 Å². The number of benzene rings is 2. The van der Waals surface area contributed by atoms with Crippen molar-refractivity contribution in [2.75, 3.05) is 19.8 Å². The van der Waals surface area contributed by atoms with Crippen LogP contribution in [0.2, 0.25) is 5.02 Å². The zero-order valence-electron chi connectivity index (χ0n) is 17.9. The van der Waals surface area contributed by atoms with Crippen LogP contribution in [0.1, 0.15) is 43.2 Å². The molecule has 1 N–H and O–H groups in total. The normalized spacial score (nSPS) is 11.1. The summed E-state index contributed by atoms with van der Waals surface area (Å²) in [6.45, 7) is 3.44. The molecule has 1 heterocycles. The Labute approximate surface area is 189 Å². The van der Waals surface area contributed by atoms with Gasteiger partial charge in [-0.3, -0.25) is 0 Å². The van der Waals surface area contributed by atoms with Crippen molar-refractivity contribution in [1.29, 1.82) is 0 Å². The lowest BCUT2D eigenvalue weighted by Crippen LogP contribution is -2.19. The van der Waals surface area contributed by atoms with E-state index in [2.05, 4.69) is 21.9 Å². The van der Waals surface area contributed by atoms with Crippen LogP contribution in [0.3, 0.4) is 0 Å². The summed E-state index contributed by atoms with van der Waals surface area (Å²) in [5, 5.41) is 5.15. The van der Waals surface area contributed by atoms with Gasteiger partial charge in [-0.25, -0.2) is 4.39 Å². The minimum absolute atomic E-state index is 0.221. The molecule has 3 nitrogen and oxygen atoms in total. The summed E-state index contributed by atoms with van der Waals surface area (Å²) in [6, 6.07) is 13.0. The maximum absolute atomic E-state index is 14.3. The minimum atomic E-state index is -0.221. The first-order valence-electron chi connectivity index (χ1n) is 10.9. The van der Waals surface area contributed by atoms with E-state index in [0.29, 0.717) is 24.7 Å². The fourth-order valence-electron chi connectivity index (χ4n) is 3.66. The van der Waals surface area contributed by atoms with Crippen molar-refractivity contribution in [3.8, 4) is 12.3 Å². The predicted molar refractivity (Wildman–Crippen MR) is 127 cm³/mol. The third-order valence-corrected chi connectivity index (χ3v) is 5.56. The van der Waals surface area contributed by atoms with Gasteiger partial charge in [-0.2, -0.15) is 0 Å². The largest absolute Gasteiger partial charge is 0.380 e. The van der Waals surface area contributed by atoms with Crippen LogP contribution < -0.4 is 5.32 Å². The number of unbranched alkanes of at least 4 members (excludes halogenated alkanes) is 4. The van der Waals surface area contributed by atoms with Gasteiger partial charge in [0.05, 0.1) is 12.1 Å². The van der Waals surface area contributed by atoms with Crippen LogP contribution in [0.4, 0.5) is 4.39 Å². The number of hydrogen-bond acceptors (Lipinski definition) is 2. The van der Waals surface area contributed by atoms with E-state index in [4.69, 9.17) is 22.8 Å². The average molecular weight is 441 g/mol. The Kier molecular flexibility index (Phi) is 9.42. The molecule has 0 aliphatic heterocycles. The number of aromatic nitrogens is 1. The molecule has 3 rings (SSSR count). The number of rotatable bonds is 13. The van der Waals surface area contributed by atoms with Crippen LogP contribution in [0, 0.1) is 18.2 Å². The van der Waals surface area contributed by atoms with Crippen LogP contribution in [0.25, 0.3) is 10.9 Å². The molecule has 1 aromatic heterocycles. The Bertz CT molecular complexity index is 991. The molecule has 0 amide bonds. The molecular weight excluding hydrogens is 411 g/mol. The molecule has 0 fully saturated rings. The smallest absolute Gasteiger partial charge is 0.125 e. The van der Waals surface area contributed by atoms with Crippen LogP contribution in [0.15, 0.2) is 48.7 Å². The fraction of sp³-hybridized carbons (Fsp3) is 0.385. The van der Waals surface area contributed by atoms with Gasteiger partial charge in [-0.15, -0.1) is 12.3 Å². The number of ether oxygens (including phenoxy) is 1. The first kappa shape index (κ1) is 23.3. The molecule has 0 spiro atoms. The van der Waals surface area contributed by atoms with Crippen molar-refractivity contribution in [2.24, 2.45) is 0 Å². The van der Waals surface area contributed by atoms with Crippen LogP contribution in [-0.4, -0.2) is 24.3 Å². The fourth-order valence-corrected chi connectivity index (χ4v) is 3.78. The van der Waals surface area contributed by atoms with Crippen molar-refractivity contribution in [1.82, 2.24) is 9.88 Å². The minimum Gasteiger partial charge on any atom is -0.380 e. The lowest BCUT2D eigenvalue weighted by Gasteiger charge is -2.10. The number of halogens is 2. The van der Waals surface area contributed by atoms with Crippen molar-refractivity contribution < 1.29 is 9.13 Å². The van der Waals surface area contributed by atoms with E-state index in [0.717, 1.165) is 60.9 Å². The quantitative estimate of drug-likeness (QED) is 0.254. The second-order valence-electron chi connectivity index (χ2n) is 7.73. The van der Waals surface area contributed by atoms with Crippen molar-refractivity contribution in [3.05, 3.63) is 70.6 Å². The predicted octanol–water partition coefficient (Wildman–Crippen LogP) is 6.17. The van der Waals surface area contributed by atoms with Crippen molar-refractivity contribution in [2.45, 2.75) is 45.2 Å². The summed E-state index contributed by atoms with van der Waals surface area (Å²) in [7, 11) is 0. The third-order valence-electron chi connectivity index (χ3n) is 5.30. The van der Waals surface area contributed by atoms with Gasteiger partial charge in [0.2, 0.25) is 0 Å². The standard InChI is InChI=1S/C26H30ClFN2O/c1-2-3-4-5-6-7-15-31-16-13-29-19-22-17-24(28)18-26-25(22)12-14-30(26)20-21-8-10-23(27)11-9-21/h1,8-12,14,17-18,29H,3-7,13,15-16,19-20H2. The zero-order valence-corrected chi connectivity index (χ0v) is 18.6. The molecule has 0 atom stereocenters. The first-order valence-corrected chi connectivity index (χ1v) is 11.3. The molecule has 164 valence electrons. The molecule has 0 bridgehead atoms. The topological polar surface area (TPSA) is 26.2 Å². The van der Waals surface area contributed by atoms with E-state index < -0.39 is 0 Å². The molecule has 31 heavy (non-hydrogen) atoms. The highest BCUT2D eigenvalue weighted by Gasteiger charge is 2.09. The lowest BCUT2D eigenvalue weighted by molar-refractivity contribution is 0.131. The van der Waals surface area contributed by atoms with Gasteiger partial charge >= 0.3 is 0 Å². The van der Waals surface area contributed by atoms with E-state index in [1.807, 2.05) is 30.5 Å². The van der Waals surface area contributed by atoms with Crippen LogP contribution >= 0.6 is 11.6 Å². The number of fused-ring (bicyclic) bond motifs is 1. The first-order chi connectivity index (χ1) is 15.2. The molecule has 0 saturated carbocycles. The Morgan fingerprint density at radius 1 is 1.03 bits per heavy atom. The molecule has 5 heteroatoms. The van der Waals surface area contributed by atoms with Gasteiger partial charge in [-0.05, 0) is 54.3 Å². The van der Waals surface area contributed by atoms with E-state index in [-0.39, 0.29) is 5.82 Å². The molecule has 0 unspecified atom stereocenters. The van der Waals surface area contributed by atoms with E-state index in [1.54, 1.807) is 12.1 Å². The third kappa shape index (κ3) is 7.40. The summed E-state index contributed by atoms with van der Waals surface area (Å²) in [5.74, 6) is 2.45. The molecule has 0 aliphatic carbocycles. The molecule has 3 aromatic rings. The van der Waals surface area contributed by atoms with Crippen molar-refractivity contribution >= 4 is 22.5 Å². The Morgan fingerprint density at radius 3 is 2.65 bits per heavy atom. The molecule has 2 aromatic carbocycles. The lowest BCUT2D eigenvalue weighted by atomic mass is 10.1. The van der Waals surface area contributed by atoms with Gasteiger partial charge in [0, 0.05) is 49.3 Å². The summed E-state index contributed by atoms with van der Waals surface area (Å²) in [5.41, 5.74) is 2.98. The molecular formula is C26H30ClFN2O. The SMILES string of the molecule is C#CCCCCCCOCCNCc1cc(F)cc2c1ccn2Cc1ccc(Cl)cc1. The van der Waals surface area contributed by atoms with Gasteiger partial charge in [0.15, 0.2) is 0 Å². The van der Waals surface area contributed by atoms with E-state index in [1.165, 1.54) is 6.42 Å². The number of hydrogen-bond donors (Lipinski definition) is 1. The summed E-state index contributed by atoms with van der Waals surface area (Å²) >= 11 is 5.97. The average Bonchev–Trinajstić information content (AvgIpc) is 3.16. The molecule has 0 radical (unpaired) electrons. The van der Waals surface area contributed by atoms with E-state index >= 15 is 0 Å². The highest BCUT2D eigenvalue weighted by Crippen LogP contribution is 2.23. The second-order valence-corrected chi connectivity index (χ2v) is 8.16. The van der Waals surface area contributed by atoms with Crippen molar-refractivity contribution in [3.63, 3.8) is 0 Å². The summed E-state index contributed by atoms with van der Waals surface area (Å²) < 4.78 is 22.0. The van der Waals surface area contributed by atoms with Gasteiger partial charge in [0.1, 0.15) is 5.82 Å². The summed E-state index contributed by atoms with van der Waals surface area (Å²) in [4.78, 5) is 0. The Balaban J connectivity index is 1.46. The van der Waals surface area contributed by atoms with Gasteiger partial charge in [0.25, 0.3) is 0 Å². The zero-order chi connectivity index (χ0) is 21.9. The molecule has 0 saturated heterocycles. The Morgan fingerprint density at radius 2 is 1.84 bits per heavy atom. The number of terminal acetylenes is 1.